The van der Waals surface area contributed by atoms with Crippen LogP contribution in [0.5, 0.6) is 5.75 Å². The Labute approximate surface area is 398 Å². The normalized spacial score (nSPS) is 17.1. The first-order valence-electron chi connectivity index (χ1n) is 20.4. The maximum Gasteiger partial charge on any atom is 0.407 e. The number of methoxy groups -OCH3 is 2. The van der Waals surface area contributed by atoms with E-state index in [0.29, 0.717) is 59.4 Å². The minimum Gasteiger partial charge on any atom is -0.472 e. The average molecular weight is 960 g/mol. The summed E-state index contributed by atoms with van der Waals surface area (Å²) >= 11 is 0. The molecule has 6 heterocycles. The smallest absolute Gasteiger partial charge is 0.407 e. The number of fused-ring (bicyclic) bond motifs is 5. The lowest BCUT2D eigenvalue weighted by Crippen LogP contribution is -2.51. The fraction of sp³-hybridized carbons (Fsp3) is 0.442. The van der Waals surface area contributed by atoms with Crippen molar-refractivity contribution >= 4 is 88.9 Å². The molecule has 4 amide bonds. The Kier molecular flexibility index (Phi) is 17.2. The number of nitrogens with one attached hydrogen (secondary N) is 4. The summed E-state index contributed by atoms with van der Waals surface area (Å²) in [4.78, 5) is 70.9. The number of hydrogen-bond acceptors (Lipinski definition) is 9. The van der Waals surface area contributed by atoms with Crippen molar-refractivity contribution in [3.63, 3.8) is 0 Å². The van der Waals surface area contributed by atoms with Crippen molar-refractivity contribution < 1.29 is 37.8 Å². The van der Waals surface area contributed by atoms with Crippen molar-refractivity contribution in [1.82, 2.24) is 44.9 Å². The van der Waals surface area contributed by atoms with Gasteiger partial charge in [-0.1, -0.05) is 33.8 Å². The number of nitrogens with zero attached hydrogens (tertiary/aromatic N) is 5. The number of aromatic nitrogens is 5. The van der Waals surface area contributed by atoms with Crippen LogP contribution in [0.15, 0.2) is 48.8 Å². The molecule has 64 heavy (non-hydrogen) atoms. The second kappa shape index (κ2) is 21.3. The number of carbonyl (C=O) groups is 4. The highest BCUT2D eigenvalue weighted by atomic mass is 32.1. The fourth-order valence-corrected chi connectivity index (χ4v) is 8.71. The third kappa shape index (κ3) is 9.81. The van der Waals surface area contributed by atoms with Crippen LogP contribution in [-0.2, 0) is 25.8 Å². The van der Waals surface area contributed by atoms with Crippen LogP contribution in [0.3, 0.4) is 0 Å². The summed E-state index contributed by atoms with van der Waals surface area (Å²) in [5.41, 5.74) is 4.70. The largest absolute Gasteiger partial charge is 0.472 e. The number of alkyl carbamates (subject to hydrolysis) is 2. The number of amides is 4. The van der Waals surface area contributed by atoms with Crippen molar-refractivity contribution in [3.8, 4) is 39.5 Å². The molecule has 0 saturated carbocycles. The Hall–Kier alpha value is -4.99. The summed E-state index contributed by atoms with van der Waals surface area (Å²) in [6, 6.07) is 9.10. The molecule has 4 atom stereocenters. The van der Waals surface area contributed by atoms with E-state index in [9.17, 15) is 19.2 Å². The van der Waals surface area contributed by atoms with Gasteiger partial charge in [0.1, 0.15) is 35.3 Å². The molecule has 2 aromatic carbocycles. The van der Waals surface area contributed by atoms with Crippen LogP contribution in [0, 0.1) is 17.7 Å². The van der Waals surface area contributed by atoms with Crippen LogP contribution >= 0.6 is 54.0 Å². The van der Waals surface area contributed by atoms with Gasteiger partial charge in [0.2, 0.25) is 11.8 Å². The lowest BCUT2D eigenvalue weighted by atomic mass is 10.0. The molecular weight excluding hydrogens is 902 g/mol. The number of benzene rings is 2. The molecular formula is C43H58FN9O7S4. The Morgan fingerprint density at radius 1 is 0.750 bits per heavy atom. The summed E-state index contributed by atoms with van der Waals surface area (Å²) in [5.74, 6) is 0.505. The fourth-order valence-electron chi connectivity index (χ4n) is 8.71. The zero-order valence-corrected chi connectivity index (χ0v) is 40.5. The second-order valence-corrected chi connectivity index (χ2v) is 16.3. The number of halogens is 1. The predicted molar refractivity (Wildman–Crippen MR) is 260 cm³/mol. The first kappa shape index (κ1) is 51.6. The molecule has 0 aliphatic carbocycles. The summed E-state index contributed by atoms with van der Waals surface area (Å²) in [5, 5.41) is 6.24. The molecule has 0 bridgehead atoms. The van der Waals surface area contributed by atoms with Crippen molar-refractivity contribution in [2.24, 2.45) is 11.8 Å². The van der Waals surface area contributed by atoms with Crippen LogP contribution in [0.4, 0.5) is 14.0 Å². The molecule has 2 saturated heterocycles. The van der Waals surface area contributed by atoms with Crippen molar-refractivity contribution in [2.45, 2.75) is 84.3 Å². The third-order valence-corrected chi connectivity index (χ3v) is 11.9. The van der Waals surface area contributed by atoms with E-state index in [2.05, 4.69) is 25.6 Å². The zero-order chi connectivity index (χ0) is 42.4. The number of aromatic amines is 2. The maximum absolute atomic E-state index is 16.3. The van der Waals surface area contributed by atoms with Gasteiger partial charge >= 0.3 is 12.2 Å². The van der Waals surface area contributed by atoms with E-state index in [-0.39, 0.29) is 96.4 Å². The van der Waals surface area contributed by atoms with Gasteiger partial charge in [0.15, 0.2) is 6.73 Å². The molecule has 348 valence electrons. The van der Waals surface area contributed by atoms with E-state index >= 15 is 4.39 Å². The first-order chi connectivity index (χ1) is 28.9. The first-order valence-corrected chi connectivity index (χ1v) is 20.4. The highest BCUT2D eigenvalue weighted by molar-refractivity contribution is 7.59. The van der Waals surface area contributed by atoms with Gasteiger partial charge in [-0.05, 0) is 67.9 Å². The number of likely N-dealkylation sites (tertiary alicyclic amines) is 2. The van der Waals surface area contributed by atoms with Gasteiger partial charge in [0.05, 0.1) is 66.9 Å². The van der Waals surface area contributed by atoms with Crippen molar-refractivity contribution in [2.75, 3.05) is 27.3 Å². The monoisotopic (exact) mass is 959 g/mol. The molecule has 0 unspecified atom stereocenters. The molecule has 16 nitrogen and oxygen atoms in total. The molecule has 0 radical (unpaired) electrons. The molecule has 21 heteroatoms. The van der Waals surface area contributed by atoms with Crippen LogP contribution in [-0.4, -0.2) is 97.7 Å². The summed E-state index contributed by atoms with van der Waals surface area (Å²) in [6.45, 7) is 8.75. The number of rotatable bonds is 10. The van der Waals surface area contributed by atoms with E-state index < -0.39 is 30.1 Å². The number of hydrogen-bond donors (Lipinski definition) is 4. The molecule has 3 aliphatic rings. The minimum atomic E-state index is -0.755. The predicted octanol–water partition coefficient (Wildman–Crippen LogP) is 7.12. The number of carbonyl (C=O) groups excluding carboxylic acids is 4. The van der Waals surface area contributed by atoms with Gasteiger partial charge in [-0.2, -0.15) is 54.0 Å². The molecule has 3 aliphatic heterocycles. The average Bonchev–Trinajstić information content (AvgIpc) is 4.09. The molecule has 5 aromatic rings. The van der Waals surface area contributed by atoms with Gasteiger partial charge in [0, 0.05) is 29.6 Å². The van der Waals surface area contributed by atoms with Crippen molar-refractivity contribution in [1.29, 1.82) is 0 Å². The highest BCUT2D eigenvalue weighted by Crippen LogP contribution is 2.43. The zero-order valence-electron chi connectivity index (χ0n) is 36.5. The molecule has 4 N–H and O–H groups in total. The van der Waals surface area contributed by atoms with Gasteiger partial charge in [-0.3, -0.25) is 9.59 Å². The van der Waals surface area contributed by atoms with Gasteiger partial charge < -0.3 is 49.2 Å². The third-order valence-electron chi connectivity index (χ3n) is 11.9. The highest BCUT2D eigenvalue weighted by Gasteiger charge is 2.39. The van der Waals surface area contributed by atoms with E-state index in [1.807, 2.05) is 56.5 Å². The number of ether oxygens (including phenoxy) is 3. The van der Waals surface area contributed by atoms with Crippen molar-refractivity contribution in [3.05, 3.63) is 66.3 Å². The quantitative estimate of drug-likeness (QED) is 0.113. The molecule has 2 fully saturated rings. The van der Waals surface area contributed by atoms with Gasteiger partial charge in [-0.25, -0.2) is 23.9 Å². The molecule has 0 spiro atoms. The molecule has 8 rings (SSSR count). The molecule has 3 aromatic heterocycles. The van der Waals surface area contributed by atoms with Crippen LogP contribution in [0.2, 0.25) is 0 Å². The van der Waals surface area contributed by atoms with Gasteiger partial charge in [-0.15, -0.1) is 0 Å². The summed E-state index contributed by atoms with van der Waals surface area (Å²) < 4.78 is 33.9. The number of imidazole rings is 2. The van der Waals surface area contributed by atoms with E-state index in [1.54, 1.807) is 28.3 Å². The lowest BCUT2D eigenvalue weighted by molar-refractivity contribution is -0.136. The standard InChI is InChI=1S/C43H50FN9O7.4H2S/c1-22(2)36(49-42(56)58-5)40(54)51-13-7-9-31(51)38-45-19-28(47-38)24-11-12-30-26(15-24)17-33-35-27(44)16-25(18-34(35)60-21-53(30)33)29-20-46-39(48-29)32-10-8-14-52(32)41(55)37(23(3)4)50-43(57)59-6;;;;/h11-12,15-20,22-23,31-32,36-37H,7-10,13-14,21H2,1-6H3,(H,45,47)(H,46,48)(H,49,56)(H,50,57);4*1H2/t31-,32-,36-,37-;;;;/m0..../s1. The second-order valence-electron chi connectivity index (χ2n) is 16.3. The number of H-pyrrole nitrogens is 2. The van der Waals surface area contributed by atoms with Crippen LogP contribution in [0.1, 0.15) is 77.1 Å². The van der Waals surface area contributed by atoms with E-state index in [4.69, 9.17) is 19.2 Å². The summed E-state index contributed by atoms with van der Waals surface area (Å²) in [6.07, 6.45) is 5.08. The Balaban J connectivity index is 0.00000224. The Morgan fingerprint density at radius 3 is 1.77 bits per heavy atom. The minimum absolute atomic E-state index is 0. The topological polar surface area (TPSA) is 189 Å². The maximum atomic E-state index is 16.3. The van der Waals surface area contributed by atoms with E-state index in [1.165, 1.54) is 20.3 Å². The Morgan fingerprint density at radius 2 is 1.27 bits per heavy atom. The Bertz CT molecular complexity index is 2480. The van der Waals surface area contributed by atoms with Crippen LogP contribution in [0.25, 0.3) is 44.7 Å². The van der Waals surface area contributed by atoms with Crippen LogP contribution < -0.4 is 15.4 Å². The van der Waals surface area contributed by atoms with E-state index in [0.717, 1.165) is 41.4 Å². The SMILES string of the molecule is COC(=O)N[C@H](C(=O)N1CCC[C@H]1c1ncc(-c2cc(F)c3c(c2)OCn2c-3cc3cc(-c4cnc([C@@H]5CCCN5C(=O)[C@@H](NC(=O)OC)C(C)C)[nH]4)ccc32)[nH]1)C(C)C.S.S.S.S. The lowest BCUT2D eigenvalue weighted by Gasteiger charge is -2.30. The van der Waals surface area contributed by atoms with Gasteiger partial charge in [0.25, 0.3) is 0 Å². The summed E-state index contributed by atoms with van der Waals surface area (Å²) in [7, 11) is 2.54.